The van der Waals surface area contributed by atoms with Crippen molar-refractivity contribution < 1.29 is 4.79 Å². The zero-order chi connectivity index (χ0) is 18.2. The molecule has 0 bridgehead atoms. The van der Waals surface area contributed by atoms with Crippen LogP contribution in [0.25, 0.3) is 0 Å². The molecule has 4 heteroatoms. The lowest BCUT2D eigenvalue weighted by molar-refractivity contribution is -0.119. The van der Waals surface area contributed by atoms with Gasteiger partial charge in [0, 0.05) is 22.9 Å². The van der Waals surface area contributed by atoms with Crippen molar-refractivity contribution in [2.75, 3.05) is 18.0 Å². The zero-order valence-corrected chi connectivity index (χ0v) is 15.8. The lowest BCUT2D eigenvalue weighted by atomic mass is 10.00. The number of carbonyl (C=O) groups excluding carboxylic acids is 1. The molecule has 0 unspecified atom stereocenters. The van der Waals surface area contributed by atoms with Crippen molar-refractivity contribution in [3.63, 3.8) is 0 Å². The minimum absolute atomic E-state index is 0.134. The molecule has 0 aromatic heterocycles. The molecule has 5 rings (SSSR count). The van der Waals surface area contributed by atoms with Crippen molar-refractivity contribution in [1.29, 1.82) is 0 Å². The fourth-order valence-corrected chi connectivity index (χ4v) is 4.98. The fraction of sp³-hybridized carbons (Fsp3) is 0.174. The van der Waals surface area contributed by atoms with E-state index in [1.165, 1.54) is 11.1 Å². The van der Waals surface area contributed by atoms with Crippen molar-refractivity contribution in [2.45, 2.75) is 22.8 Å². The Bertz CT molecular complexity index is 971. The van der Waals surface area contributed by atoms with E-state index in [1.807, 2.05) is 41.3 Å². The molecule has 134 valence electrons. The molecule has 0 saturated heterocycles. The van der Waals surface area contributed by atoms with Crippen LogP contribution in [0.15, 0.2) is 82.6 Å². The number of nitrogens with zero attached hydrogens (tertiary/aromatic N) is 2. The summed E-state index contributed by atoms with van der Waals surface area (Å²) in [6.07, 6.45) is 1.01. The van der Waals surface area contributed by atoms with Gasteiger partial charge in [-0.05, 0) is 41.8 Å². The Kier molecular flexibility index (Phi) is 4.23. The summed E-state index contributed by atoms with van der Waals surface area (Å²) in [5, 5.41) is 0. The molecule has 27 heavy (non-hydrogen) atoms. The maximum Gasteiger partial charge on any atom is 0.245 e. The molecule has 1 amide bonds. The molecule has 2 aliphatic rings. The second kappa shape index (κ2) is 6.87. The van der Waals surface area contributed by atoms with E-state index in [9.17, 15) is 4.79 Å². The Morgan fingerprint density at radius 2 is 1.41 bits per heavy atom. The standard InChI is InChI=1S/C23H20N2OS/c26-23(16-24-14-13-17-7-1-2-8-18(17)15-24)25-19-9-3-5-11-21(19)27-22-12-6-4-10-20(22)25/h1-12H,13-16H2. The Morgan fingerprint density at radius 3 is 2.11 bits per heavy atom. The SMILES string of the molecule is O=C(CN1CCc2ccccc2C1)N1c2ccccc2Sc2ccccc21. The van der Waals surface area contributed by atoms with Crippen LogP contribution < -0.4 is 4.90 Å². The number of amides is 1. The monoisotopic (exact) mass is 372 g/mol. The van der Waals surface area contributed by atoms with Crippen LogP contribution in [0.4, 0.5) is 11.4 Å². The lowest BCUT2D eigenvalue weighted by Crippen LogP contribution is -2.41. The van der Waals surface area contributed by atoms with Gasteiger partial charge in [-0.2, -0.15) is 0 Å². The summed E-state index contributed by atoms with van der Waals surface area (Å²) in [4.78, 5) is 19.8. The number of anilines is 2. The third-order valence-electron chi connectivity index (χ3n) is 5.25. The van der Waals surface area contributed by atoms with Crippen LogP contribution in [-0.4, -0.2) is 23.9 Å². The number of fused-ring (bicyclic) bond motifs is 3. The summed E-state index contributed by atoms with van der Waals surface area (Å²) in [6, 6.07) is 24.9. The van der Waals surface area contributed by atoms with Crippen LogP contribution in [0.5, 0.6) is 0 Å². The average Bonchev–Trinajstić information content (AvgIpc) is 2.71. The van der Waals surface area contributed by atoms with Crippen LogP contribution in [0.2, 0.25) is 0 Å². The average molecular weight is 372 g/mol. The molecular formula is C23H20N2OS. The van der Waals surface area contributed by atoms with Gasteiger partial charge in [-0.3, -0.25) is 14.6 Å². The van der Waals surface area contributed by atoms with Gasteiger partial charge < -0.3 is 0 Å². The minimum atomic E-state index is 0.134. The van der Waals surface area contributed by atoms with E-state index in [-0.39, 0.29) is 5.91 Å². The van der Waals surface area contributed by atoms with Gasteiger partial charge in [0.2, 0.25) is 5.91 Å². The number of hydrogen-bond donors (Lipinski definition) is 0. The largest absolute Gasteiger partial charge is 0.290 e. The van der Waals surface area contributed by atoms with Gasteiger partial charge in [0.15, 0.2) is 0 Å². The Labute approximate surface area is 163 Å². The van der Waals surface area contributed by atoms with E-state index in [4.69, 9.17) is 0 Å². The first-order chi connectivity index (χ1) is 13.3. The molecule has 0 spiro atoms. The summed E-state index contributed by atoms with van der Waals surface area (Å²) >= 11 is 1.73. The fourth-order valence-electron chi connectivity index (χ4n) is 3.92. The predicted octanol–water partition coefficient (Wildman–Crippen LogP) is 4.87. The molecule has 0 aliphatic carbocycles. The number of hydrogen-bond acceptors (Lipinski definition) is 3. The molecule has 0 fully saturated rings. The maximum atomic E-state index is 13.4. The first-order valence-corrected chi connectivity index (χ1v) is 10.1. The van der Waals surface area contributed by atoms with Crippen molar-refractivity contribution in [1.82, 2.24) is 4.90 Å². The van der Waals surface area contributed by atoms with Gasteiger partial charge in [0.05, 0.1) is 17.9 Å². The summed E-state index contributed by atoms with van der Waals surface area (Å²) in [5.41, 5.74) is 4.73. The van der Waals surface area contributed by atoms with Gasteiger partial charge in [0.25, 0.3) is 0 Å². The highest BCUT2D eigenvalue weighted by Crippen LogP contribution is 2.47. The Morgan fingerprint density at radius 1 is 0.815 bits per heavy atom. The Hall–Kier alpha value is -2.56. The normalized spacial score (nSPS) is 15.6. The third kappa shape index (κ3) is 3.05. The third-order valence-corrected chi connectivity index (χ3v) is 6.38. The summed E-state index contributed by atoms with van der Waals surface area (Å²) in [5.74, 6) is 0.134. The highest BCUT2D eigenvalue weighted by atomic mass is 32.2. The van der Waals surface area contributed by atoms with Crippen molar-refractivity contribution >= 4 is 29.0 Å². The lowest BCUT2D eigenvalue weighted by Gasteiger charge is -2.34. The van der Waals surface area contributed by atoms with Gasteiger partial charge >= 0.3 is 0 Å². The highest BCUT2D eigenvalue weighted by molar-refractivity contribution is 7.99. The Balaban J connectivity index is 1.44. The molecule has 2 heterocycles. The molecule has 3 aromatic carbocycles. The van der Waals surface area contributed by atoms with Gasteiger partial charge in [-0.15, -0.1) is 0 Å². The van der Waals surface area contributed by atoms with Gasteiger partial charge in [-0.25, -0.2) is 0 Å². The van der Waals surface area contributed by atoms with Crippen molar-refractivity contribution in [2.24, 2.45) is 0 Å². The van der Waals surface area contributed by atoms with E-state index in [1.54, 1.807) is 11.8 Å². The topological polar surface area (TPSA) is 23.6 Å². The smallest absolute Gasteiger partial charge is 0.245 e. The van der Waals surface area contributed by atoms with E-state index in [0.29, 0.717) is 6.54 Å². The second-order valence-electron chi connectivity index (χ2n) is 7.00. The molecule has 3 nitrogen and oxygen atoms in total. The maximum absolute atomic E-state index is 13.4. The van der Waals surface area contributed by atoms with E-state index < -0.39 is 0 Å². The molecule has 0 saturated carbocycles. The second-order valence-corrected chi connectivity index (χ2v) is 8.08. The quantitative estimate of drug-likeness (QED) is 0.641. The molecule has 2 aliphatic heterocycles. The highest BCUT2D eigenvalue weighted by Gasteiger charge is 2.29. The summed E-state index contributed by atoms with van der Waals surface area (Å²) in [6.45, 7) is 2.20. The first kappa shape index (κ1) is 16.6. The van der Waals surface area contributed by atoms with E-state index >= 15 is 0 Å². The molecule has 0 atom stereocenters. The molecule has 3 aromatic rings. The number of benzene rings is 3. The van der Waals surface area contributed by atoms with E-state index in [0.717, 1.165) is 40.7 Å². The van der Waals surface area contributed by atoms with Crippen LogP contribution in [0, 0.1) is 0 Å². The molecular weight excluding hydrogens is 352 g/mol. The van der Waals surface area contributed by atoms with Crippen LogP contribution in [-0.2, 0) is 17.8 Å². The number of rotatable bonds is 2. The predicted molar refractivity (Wildman–Crippen MR) is 110 cm³/mol. The minimum Gasteiger partial charge on any atom is -0.290 e. The van der Waals surface area contributed by atoms with Crippen molar-refractivity contribution in [3.8, 4) is 0 Å². The van der Waals surface area contributed by atoms with Gasteiger partial charge in [0.1, 0.15) is 0 Å². The van der Waals surface area contributed by atoms with Crippen molar-refractivity contribution in [3.05, 3.63) is 83.9 Å². The van der Waals surface area contributed by atoms with E-state index in [2.05, 4.69) is 41.3 Å². The molecule has 0 radical (unpaired) electrons. The zero-order valence-electron chi connectivity index (χ0n) is 15.0. The number of carbonyl (C=O) groups is 1. The van der Waals surface area contributed by atoms with Crippen LogP contribution >= 0.6 is 11.8 Å². The first-order valence-electron chi connectivity index (χ1n) is 9.27. The summed E-state index contributed by atoms with van der Waals surface area (Å²) < 4.78 is 0. The van der Waals surface area contributed by atoms with Crippen LogP contribution in [0.1, 0.15) is 11.1 Å². The van der Waals surface area contributed by atoms with Gasteiger partial charge in [-0.1, -0.05) is 60.3 Å². The van der Waals surface area contributed by atoms with Crippen LogP contribution in [0.3, 0.4) is 0 Å². The number of para-hydroxylation sites is 2. The molecule has 0 N–H and O–H groups in total. The summed E-state index contributed by atoms with van der Waals surface area (Å²) in [7, 11) is 0.